The van der Waals surface area contributed by atoms with Crippen molar-refractivity contribution in [3.8, 4) is 0 Å². The molecule has 0 bridgehead atoms. The second-order valence-electron chi connectivity index (χ2n) is 3.54. The van der Waals surface area contributed by atoms with Crippen LogP contribution in [0.2, 0.25) is 0 Å². The molecule has 0 saturated carbocycles. The Hall–Kier alpha value is -1.07. The molecule has 78 valence electrons. The zero-order valence-electron chi connectivity index (χ0n) is 8.24. The molecule has 5 heteroatoms. The molecular formula is C9H17N5. The van der Waals surface area contributed by atoms with Crippen molar-refractivity contribution in [2.45, 2.75) is 12.5 Å². The lowest BCUT2D eigenvalue weighted by molar-refractivity contribution is 0.321. The normalized spacial score (nSPS) is 16.6. The van der Waals surface area contributed by atoms with Gasteiger partial charge in [-0.15, -0.1) is 0 Å². The average molecular weight is 195 g/mol. The molecule has 0 amide bonds. The van der Waals surface area contributed by atoms with Crippen LogP contribution in [0.25, 0.3) is 0 Å². The van der Waals surface area contributed by atoms with Gasteiger partial charge in [-0.2, -0.15) is 5.10 Å². The first kappa shape index (κ1) is 9.48. The van der Waals surface area contributed by atoms with E-state index in [0.717, 1.165) is 38.4 Å². The van der Waals surface area contributed by atoms with Crippen molar-refractivity contribution < 1.29 is 0 Å². The van der Waals surface area contributed by atoms with Crippen LogP contribution in [-0.4, -0.2) is 36.0 Å². The van der Waals surface area contributed by atoms with Gasteiger partial charge in [0.05, 0.1) is 12.2 Å². The third kappa shape index (κ3) is 1.88. The summed E-state index contributed by atoms with van der Waals surface area (Å²) in [7, 11) is 0. The Bertz CT molecular complexity index is 278. The first-order chi connectivity index (χ1) is 6.92. The van der Waals surface area contributed by atoms with Crippen LogP contribution in [0.4, 0.5) is 5.82 Å². The Balaban J connectivity index is 1.91. The van der Waals surface area contributed by atoms with Crippen molar-refractivity contribution in [3.05, 3.63) is 12.3 Å². The van der Waals surface area contributed by atoms with Gasteiger partial charge in [0, 0.05) is 25.7 Å². The number of nitrogens with two attached hydrogens (primary N) is 1. The van der Waals surface area contributed by atoms with Crippen molar-refractivity contribution in [2.24, 2.45) is 5.73 Å². The molecule has 1 fully saturated rings. The van der Waals surface area contributed by atoms with Gasteiger partial charge in [-0.3, -0.25) is 0 Å². The van der Waals surface area contributed by atoms with E-state index in [0.29, 0.717) is 6.04 Å². The van der Waals surface area contributed by atoms with Crippen molar-refractivity contribution >= 4 is 5.82 Å². The van der Waals surface area contributed by atoms with E-state index >= 15 is 0 Å². The lowest BCUT2D eigenvalue weighted by Crippen LogP contribution is -2.44. The highest BCUT2D eigenvalue weighted by Gasteiger charge is 2.21. The Labute approximate surface area is 83.7 Å². The highest BCUT2D eigenvalue weighted by atomic mass is 15.4. The van der Waals surface area contributed by atoms with Crippen molar-refractivity contribution in [2.75, 3.05) is 31.5 Å². The standard InChI is InChI=1S/C9H17N5/c10-3-1-4-12-9-2-5-13-14(9)8-6-11-7-8/h2,5,8,11-12H,1,3-4,6-7,10H2. The molecule has 0 spiro atoms. The molecule has 2 heterocycles. The molecule has 0 radical (unpaired) electrons. The highest BCUT2D eigenvalue weighted by Crippen LogP contribution is 2.16. The highest BCUT2D eigenvalue weighted by molar-refractivity contribution is 5.34. The molecule has 1 saturated heterocycles. The number of nitrogens with one attached hydrogen (secondary N) is 2. The lowest BCUT2D eigenvalue weighted by atomic mass is 10.2. The summed E-state index contributed by atoms with van der Waals surface area (Å²) in [6.07, 6.45) is 2.83. The largest absolute Gasteiger partial charge is 0.370 e. The van der Waals surface area contributed by atoms with Gasteiger partial charge in [-0.1, -0.05) is 0 Å². The van der Waals surface area contributed by atoms with Crippen LogP contribution in [-0.2, 0) is 0 Å². The van der Waals surface area contributed by atoms with Crippen LogP contribution in [0.3, 0.4) is 0 Å². The van der Waals surface area contributed by atoms with E-state index in [1.165, 1.54) is 0 Å². The second-order valence-corrected chi connectivity index (χ2v) is 3.54. The monoisotopic (exact) mass is 195 g/mol. The maximum atomic E-state index is 5.43. The van der Waals surface area contributed by atoms with E-state index in [2.05, 4.69) is 15.7 Å². The molecule has 0 unspecified atom stereocenters. The first-order valence-electron chi connectivity index (χ1n) is 5.10. The van der Waals surface area contributed by atoms with Gasteiger partial charge in [-0.05, 0) is 13.0 Å². The minimum atomic E-state index is 0.519. The fourth-order valence-electron chi connectivity index (χ4n) is 1.51. The van der Waals surface area contributed by atoms with Gasteiger partial charge < -0.3 is 16.4 Å². The van der Waals surface area contributed by atoms with Crippen molar-refractivity contribution in [1.82, 2.24) is 15.1 Å². The maximum Gasteiger partial charge on any atom is 0.124 e. The third-order valence-corrected chi connectivity index (χ3v) is 2.46. The van der Waals surface area contributed by atoms with Crippen LogP contribution in [0.5, 0.6) is 0 Å². The van der Waals surface area contributed by atoms with E-state index in [-0.39, 0.29) is 0 Å². The fourth-order valence-corrected chi connectivity index (χ4v) is 1.51. The predicted molar refractivity (Wildman–Crippen MR) is 56.3 cm³/mol. The summed E-state index contributed by atoms with van der Waals surface area (Å²) in [5, 5.41) is 10.9. The SMILES string of the molecule is NCCCNc1ccnn1C1CNC1. The Morgan fingerprint density at radius 1 is 1.64 bits per heavy atom. The summed E-state index contributed by atoms with van der Waals surface area (Å²) in [5.74, 6) is 1.10. The predicted octanol–water partition coefficient (Wildman–Crippen LogP) is -0.212. The summed E-state index contributed by atoms with van der Waals surface area (Å²) < 4.78 is 2.05. The van der Waals surface area contributed by atoms with Gasteiger partial charge in [-0.25, -0.2) is 4.68 Å². The number of anilines is 1. The molecule has 1 aromatic heterocycles. The molecule has 1 aliphatic heterocycles. The molecule has 5 nitrogen and oxygen atoms in total. The minimum Gasteiger partial charge on any atom is -0.370 e. The van der Waals surface area contributed by atoms with Gasteiger partial charge in [0.1, 0.15) is 5.82 Å². The van der Waals surface area contributed by atoms with E-state index in [4.69, 9.17) is 5.73 Å². The maximum absolute atomic E-state index is 5.43. The Morgan fingerprint density at radius 2 is 2.50 bits per heavy atom. The molecular weight excluding hydrogens is 178 g/mol. The summed E-state index contributed by atoms with van der Waals surface area (Å²) in [5.41, 5.74) is 5.43. The van der Waals surface area contributed by atoms with Gasteiger partial charge in [0.2, 0.25) is 0 Å². The van der Waals surface area contributed by atoms with Crippen molar-refractivity contribution in [3.63, 3.8) is 0 Å². The zero-order valence-corrected chi connectivity index (χ0v) is 8.24. The summed E-state index contributed by atoms with van der Waals surface area (Å²) in [4.78, 5) is 0. The topological polar surface area (TPSA) is 67.9 Å². The van der Waals surface area contributed by atoms with Crippen LogP contribution < -0.4 is 16.4 Å². The number of hydrogen-bond acceptors (Lipinski definition) is 4. The van der Waals surface area contributed by atoms with Crippen LogP contribution in [0, 0.1) is 0 Å². The van der Waals surface area contributed by atoms with Crippen LogP contribution in [0.15, 0.2) is 12.3 Å². The molecule has 0 atom stereocenters. The average Bonchev–Trinajstić information content (AvgIpc) is 2.51. The van der Waals surface area contributed by atoms with E-state index < -0.39 is 0 Å². The Morgan fingerprint density at radius 3 is 3.14 bits per heavy atom. The van der Waals surface area contributed by atoms with E-state index in [1.54, 1.807) is 0 Å². The molecule has 4 N–H and O–H groups in total. The Kier molecular flexibility index (Phi) is 3.00. The number of nitrogens with zero attached hydrogens (tertiary/aromatic N) is 2. The first-order valence-corrected chi connectivity index (χ1v) is 5.10. The van der Waals surface area contributed by atoms with Gasteiger partial charge in [0.15, 0.2) is 0 Å². The summed E-state index contributed by atoms with van der Waals surface area (Å²) >= 11 is 0. The zero-order chi connectivity index (χ0) is 9.80. The quantitative estimate of drug-likeness (QED) is 0.569. The van der Waals surface area contributed by atoms with Crippen LogP contribution >= 0.6 is 0 Å². The van der Waals surface area contributed by atoms with Crippen molar-refractivity contribution in [1.29, 1.82) is 0 Å². The van der Waals surface area contributed by atoms with E-state index in [1.807, 2.05) is 16.9 Å². The summed E-state index contributed by atoms with van der Waals surface area (Å²) in [6, 6.07) is 2.53. The lowest BCUT2D eigenvalue weighted by Gasteiger charge is -2.28. The molecule has 14 heavy (non-hydrogen) atoms. The molecule has 1 aliphatic rings. The molecule has 0 aromatic carbocycles. The third-order valence-electron chi connectivity index (χ3n) is 2.46. The minimum absolute atomic E-state index is 0.519. The second kappa shape index (κ2) is 4.43. The van der Waals surface area contributed by atoms with Crippen LogP contribution in [0.1, 0.15) is 12.5 Å². The summed E-state index contributed by atoms with van der Waals surface area (Å²) in [6.45, 7) is 3.69. The number of hydrogen-bond donors (Lipinski definition) is 3. The van der Waals surface area contributed by atoms with E-state index in [9.17, 15) is 0 Å². The smallest absolute Gasteiger partial charge is 0.124 e. The van der Waals surface area contributed by atoms with Gasteiger partial charge in [0.25, 0.3) is 0 Å². The van der Waals surface area contributed by atoms with Gasteiger partial charge >= 0.3 is 0 Å². The molecule has 2 rings (SSSR count). The molecule has 1 aromatic rings. The number of aromatic nitrogens is 2. The fraction of sp³-hybridized carbons (Fsp3) is 0.667. The molecule has 0 aliphatic carbocycles. The number of rotatable bonds is 5.